The van der Waals surface area contributed by atoms with Crippen molar-refractivity contribution in [1.82, 2.24) is 4.57 Å². The number of thiazole rings is 1. The number of hydrogen-bond donors (Lipinski definition) is 0. The van der Waals surface area contributed by atoms with Crippen molar-refractivity contribution in [2.45, 2.75) is 26.5 Å². The van der Waals surface area contributed by atoms with E-state index >= 15 is 0 Å². The van der Waals surface area contributed by atoms with E-state index < -0.39 is 12.0 Å². The summed E-state index contributed by atoms with van der Waals surface area (Å²) in [5, 5.41) is 0.610. The topological polar surface area (TPSA) is 88.4 Å². The van der Waals surface area contributed by atoms with Gasteiger partial charge < -0.3 is 18.9 Å². The highest BCUT2D eigenvalue weighted by atomic mass is 79.9. The summed E-state index contributed by atoms with van der Waals surface area (Å²) in [6.07, 6.45) is 1.77. The molecule has 1 aliphatic heterocycles. The third-order valence-electron chi connectivity index (χ3n) is 6.83. The van der Waals surface area contributed by atoms with Gasteiger partial charge in [-0.1, -0.05) is 53.3 Å². The lowest BCUT2D eigenvalue weighted by atomic mass is 9.96. The monoisotopic (exact) mass is 682 g/mol. The van der Waals surface area contributed by atoms with Crippen LogP contribution >= 0.6 is 38.9 Å². The normalized spacial score (nSPS) is 14.7. The zero-order valence-corrected chi connectivity index (χ0v) is 27.0. The summed E-state index contributed by atoms with van der Waals surface area (Å²) >= 11 is 11.1. The number of carbonyl (C=O) groups is 1. The Kier molecular flexibility index (Phi) is 9.39. The number of allylic oxidation sites excluding steroid dienone is 1. The van der Waals surface area contributed by atoms with Crippen LogP contribution in [0.25, 0.3) is 6.08 Å². The van der Waals surface area contributed by atoms with Gasteiger partial charge in [-0.3, -0.25) is 9.36 Å². The lowest BCUT2D eigenvalue weighted by Crippen LogP contribution is -2.39. The van der Waals surface area contributed by atoms with E-state index in [0.29, 0.717) is 52.9 Å². The van der Waals surface area contributed by atoms with E-state index in [1.807, 2.05) is 42.5 Å². The molecule has 1 aliphatic rings. The molecule has 11 heteroatoms. The van der Waals surface area contributed by atoms with Crippen LogP contribution in [0.15, 0.2) is 86.2 Å². The van der Waals surface area contributed by atoms with Crippen LogP contribution in [0.2, 0.25) is 5.02 Å². The highest BCUT2D eigenvalue weighted by molar-refractivity contribution is 9.10. The number of halogens is 2. The van der Waals surface area contributed by atoms with Crippen LogP contribution in [-0.4, -0.2) is 31.4 Å². The molecule has 0 saturated heterocycles. The maximum absolute atomic E-state index is 14.0. The van der Waals surface area contributed by atoms with Crippen LogP contribution in [0.5, 0.6) is 17.2 Å². The van der Waals surface area contributed by atoms with Crippen molar-refractivity contribution in [3.63, 3.8) is 0 Å². The molecule has 43 heavy (non-hydrogen) atoms. The first-order chi connectivity index (χ1) is 20.7. The average molecular weight is 684 g/mol. The number of carbonyl (C=O) groups excluding carboxylic acids is 1. The Labute approximate surface area is 265 Å². The number of nitrogens with zero attached hydrogens (tertiary/aromatic N) is 2. The number of hydrogen-bond acceptors (Lipinski definition) is 8. The minimum atomic E-state index is -0.717. The highest BCUT2D eigenvalue weighted by Gasteiger charge is 2.33. The van der Waals surface area contributed by atoms with Gasteiger partial charge in [-0.05, 0) is 77.3 Å². The first-order valence-electron chi connectivity index (χ1n) is 13.3. The highest BCUT2D eigenvalue weighted by Crippen LogP contribution is 2.38. The van der Waals surface area contributed by atoms with Gasteiger partial charge in [-0.25, -0.2) is 9.79 Å². The summed E-state index contributed by atoms with van der Waals surface area (Å²) in [5.74, 6) is 1.14. The molecule has 2 heterocycles. The predicted molar refractivity (Wildman–Crippen MR) is 170 cm³/mol. The van der Waals surface area contributed by atoms with E-state index in [9.17, 15) is 9.59 Å². The Hall–Kier alpha value is -3.86. The second-order valence-corrected chi connectivity index (χ2v) is 11.8. The first kappa shape index (κ1) is 30.6. The number of aromatic nitrogens is 1. The number of benzene rings is 3. The molecule has 0 radical (unpaired) electrons. The molecule has 3 aromatic carbocycles. The number of fused-ring (bicyclic) bond motifs is 1. The fourth-order valence-electron chi connectivity index (χ4n) is 4.77. The predicted octanol–water partition coefficient (Wildman–Crippen LogP) is 5.81. The quantitative estimate of drug-likeness (QED) is 0.207. The largest absolute Gasteiger partial charge is 0.497 e. The lowest BCUT2D eigenvalue weighted by molar-refractivity contribution is -0.139. The summed E-state index contributed by atoms with van der Waals surface area (Å²) in [6.45, 7) is 3.94. The minimum Gasteiger partial charge on any atom is -0.497 e. The molecule has 1 aromatic heterocycles. The van der Waals surface area contributed by atoms with Gasteiger partial charge in [0.2, 0.25) is 0 Å². The van der Waals surface area contributed by atoms with Crippen LogP contribution in [0.3, 0.4) is 0 Å². The van der Waals surface area contributed by atoms with Gasteiger partial charge in [0.15, 0.2) is 16.3 Å². The number of ether oxygens (including phenoxy) is 4. The van der Waals surface area contributed by atoms with Gasteiger partial charge in [0, 0.05) is 10.6 Å². The molecule has 4 aromatic rings. The zero-order chi connectivity index (χ0) is 30.7. The molecule has 0 amide bonds. The molecular formula is C32H28BrClN2O6S. The molecule has 1 atom stereocenters. The van der Waals surface area contributed by atoms with E-state index in [-0.39, 0.29) is 18.8 Å². The minimum absolute atomic E-state index is 0.199. The molecule has 222 valence electrons. The van der Waals surface area contributed by atoms with Crippen molar-refractivity contribution in [2.24, 2.45) is 4.99 Å². The van der Waals surface area contributed by atoms with Gasteiger partial charge >= 0.3 is 5.97 Å². The van der Waals surface area contributed by atoms with E-state index in [2.05, 4.69) is 20.9 Å². The van der Waals surface area contributed by atoms with E-state index in [4.69, 9.17) is 30.5 Å². The van der Waals surface area contributed by atoms with Crippen molar-refractivity contribution in [2.75, 3.05) is 20.8 Å². The number of rotatable bonds is 9. The van der Waals surface area contributed by atoms with E-state index in [0.717, 1.165) is 11.1 Å². The molecule has 0 N–H and O–H groups in total. The second-order valence-electron chi connectivity index (χ2n) is 9.49. The lowest BCUT2D eigenvalue weighted by Gasteiger charge is -2.24. The Morgan fingerprint density at radius 2 is 1.86 bits per heavy atom. The first-order valence-corrected chi connectivity index (χ1v) is 15.3. The van der Waals surface area contributed by atoms with E-state index in [1.165, 1.54) is 11.3 Å². The van der Waals surface area contributed by atoms with E-state index in [1.54, 1.807) is 56.9 Å². The summed E-state index contributed by atoms with van der Waals surface area (Å²) in [7, 11) is 3.13. The third-order valence-corrected chi connectivity index (χ3v) is 8.77. The number of esters is 1. The van der Waals surface area contributed by atoms with Crippen LogP contribution in [0.1, 0.15) is 36.6 Å². The van der Waals surface area contributed by atoms with Crippen LogP contribution < -0.4 is 29.1 Å². The smallest absolute Gasteiger partial charge is 0.338 e. The van der Waals surface area contributed by atoms with Crippen LogP contribution in [0, 0.1) is 0 Å². The Morgan fingerprint density at radius 3 is 2.53 bits per heavy atom. The summed E-state index contributed by atoms with van der Waals surface area (Å²) in [4.78, 5) is 32.2. The van der Waals surface area contributed by atoms with Gasteiger partial charge in [0.1, 0.15) is 12.4 Å². The molecule has 0 saturated carbocycles. The van der Waals surface area contributed by atoms with Crippen molar-refractivity contribution in [3.8, 4) is 17.2 Å². The van der Waals surface area contributed by atoms with Gasteiger partial charge in [0.25, 0.3) is 5.56 Å². The fourth-order valence-corrected chi connectivity index (χ4v) is 6.58. The van der Waals surface area contributed by atoms with Crippen molar-refractivity contribution < 1.29 is 23.7 Å². The van der Waals surface area contributed by atoms with Gasteiger partial charge in [0.05, 0.1) is 47.1 Å². The van der Waals surface area contributed by atoms with Crippen molar-refractivity contribution in [3.05, 3.63) is 118 Å². The molecule has 0 bridgehead atoms. The third kappa shape index (κ3) is 6.27. The molecule has 5 rings (SSSR count). The SMILES string of the molecule is CCOC(=O)C1=C(C)N=c2s/c(=C\c3cc(Br)c(OCc4ccccc4Cl)c(OC)c3)c(=O)n2[C@@H]1c1ccc(OC)cc1. The summed E-state index contributed by atoms with van der Waals surface area (Å²) in [6, 6.07) is 17.6. The van der Waals surface area contributed by atoms with Crippen molar-refractivity contribution in [1.29, 1.82) is 0 Å². The number of methoxy groups -OCH3 is 2. The second kappa shape index (κ2) is 13.2. The van der Waals surface area contributed by atoms with Crippen LogP contribution in [-0.2, 0) is 16.1 Å². The molecule has 8 nitrogen and oxygen atoms in total. The standard InChI is InChI=1S/C32H28BrClN2O6S/c1-5-41-31(38)27-18(2)35-32-36(28(27)20-10-12-22(39-3)13-11-20)30(37)26(43-32)16-19-14-23(33)29(25(15-19)40-4)42-17-21-8-6-7-9-24(21)34/h6-16,28H,5,17H2,1-4H3/b26-16-/t28-/m1/s1. The van der Waals surface area contributed by atoms with Gasteiger partial charge in [-0.2, -0.15) is 0 Å². The molecule has 0 spiro atoms. The van der Waals surface area contributed by atoms with Crippen LogP contribution in [0.4, 0.5) is 0 Å². The molecule has 0 unspecified atom stereocenters. The maximum Gasteiger partial charge on any atom is 0.338 e. The summed E-state index contributed by atoms with van der Waals surface area (Å²) < 4.78 is 25.0. The Bertz CT molecular complexity index is 1900. The average Bonchev–Trinajstić information content (AvgIpc) is 3.30. The molecular weight excluding hydrogens is 656 g/mol. The van der Waals surface area contributed by atoms with Crippen molar-refractivity contribution >= 4 is 50.9 Å². The fraction of sp³-hybridized carbons (Fsp3) is 0.219. The molecule has 0 aliphatic carbocycles. The maximum atomic E-state index is 14.0. The molecule has 0 fully saturated rings. The van der Waals surface area contributed by atoms with Gasteiger partial charge in [-0.15, -0.1) is 0 Å². The zero-order valence-electron chi connectivity index (χ0n) is 23.9. The Morgan fingerprint density at radius 1 is 1.12 bits per heavy atom. The summed E-state index contributed by atoms with van der Waals surface area (Å²) in [5.41, 5.74) is 2.81. The Balaban J connectivity index is 1.58.